The number of nitrogens with two attached hydrogens (primary N) is 2. The molecule has 214 valence electrons. The van der Waals surface area contributed by atoms with Gasteiger partial charge in [0.25, 0.3) is 0 Å². The Morgan fingerprint density at radius 3 is 1.12 bits per heavy atom. The van der Waals surface area contributed by atoms with Crippen LogP contribution in [0.1, 0.15) is 74.6 Å². The molecule has 0 fully saturated rings. The van der Waals surface area contributed by atoms with Gasteiger partial charge in [0.05, 0.1) is 0 Å². The number of nitrogens with zero attached hydrogens (tertiary/aromatic N) is 2. The van der Waals surface area contributed by atoms with E-state index in [0.29, 0.717) is 48.3 Å². The highest BCUT2D eigenvalue weighted by atomic mass is 16.4. The van der Waals surface area contributed by atoms with Crippen molar-refractivity contribution in [3.05, 3.63) is 71.8 Å². The van der Waals surface area contributed by atoms with Crippen LogP contribution in [0.15, 0.2) is 60.7 Å². The number of carboxylic acids is 2. The molecular weight excluding hydrogens is 520 g/mol. The Hall–Kier alpha value is -4.74. The quantitative estimate of drug-likeness (QED) is 0.239. The van der Waals surface area contributed by atoms with Crippen molar-refractivity contribution in [2.75, 3.05) is 0 Å². The molecule has 12 nitrogen and oxygen atoms in total. The van der Waals surface area contributed by atoms with E-state index in [1.165, 1.54) is 24.3 Å². The van der Waals surface area contributed by atoms with Gasteiger partial charge in [-0.1, -0.05) is 86.3 Å². The van der Waals surface area contributed by atoms with Gasteiger partial charge in [-0.25, -0.2) is 29.0 Å². The minimum atomic E-state index is -1.52. The molecule has 2 rings (SSSR count). The lowest BCUT2D eigenvalue weighted by Crippen LogP contribution is -2.46. The Bertz CT molecular complexity index is 1100. The number of carbonyl (C=O) groups excluding carboxylic acids is 4. The summed E-state index contributed by atoms with van der Waals surface area (Å²) in [6.07, 6.45) is 3.27. The molecule has 0 saturated carbocycles. The van der Waals surface area contributed by atoms with Crippen molar-refractivity contribution in [1.82, 2.24) is 9.80 Å². The molecule has 0 radical (unpaired) electrons. The molecule has 0 saturated heterocycles. The van der Waals surface area contributed by atoms with Crippen molar-refractivity contribution >= 4 is 35.8 Å². The first-order valence-corrected chi connectivity index (χ1v) is 12.8. The van der Waals surface area contributed by atoms with Crippen molar-refractivity contribution in [2.45, 2.75) is 63.5 Å². The average molecular weight is 555 g/mol. The van der Waals surface area contributed by atoms with E-state index >= 15 is 0 Å². The molecule has 0 heterocycles. The molecule has 0 aliphatic carbocycles. The van der Waals surface area contributed by atoms with Gasteiger partial charge in [-0.15, -0.1) is 0 Å². The average Bonchev–Trinajstić information content (AvgIpc) is 2.91. The second-order valence-corrected chi connectivity index (χ2v) is 9.13. The Balaban J connectivity index is 1.80. The second kappa shape index (κ2) is 15.6. The Morgan fingerprint density at radius 2 is 0.850 bits per heavy atom. The number of urea groups is 2. The maximum Gasteiger partial charge on any atom is 0.331 e. The van der Waals surface area contributed by atoms with Crippen molar-refractivity contribution in [3.8, 4) is 0 Å². The van der Waals surface area contributed by atoms with Gasteiger partial charge in [0.2, 0.25) is 11.8 Å². The molecular formula is C28H34N4O8. The van der Waals surface area contributed by atoms with Crippen LogP contribution in [-0.4, -0.2) is 55.8 Å². The maximum absolute atomic E-state index is 12.7. The Morgan fingerprint density at radius 1 is 0.550 bits per heavy atom. The summed E-state index contributed by atoms with van der Waals surface area (Å²) in [7, 11) is 0. The highest BCUT2D eigenvalue weighted by Gasteiger charge is 2.35. The normalized spacial score (nSPS) is 12.1. The van der Waals surface area contributed by atoms with Gasteiger partial charge in [0.15, 0.2) is 12.1 Å². The molecule has 2 aromatic rings. The van der Waals surface area contributed by atoms with Crippen LogP contribution in [0.5, 0.6) is 0 Å². The molecule has 2 atom stereocenters. The zero-order chi connectivity index (χ0) is 29.7. The molecule has 6 amide bonds. The predicted molar refractivity (Wildman–Crippen MR) is 143 cm³/mol. The van der Waals surface area contributed by atoms with E-state index in [1.54, 1.807) is 36.4 Å². The second-order valence-electron chi connectivity index (χ2n) is 9.13. The van der Waals surface area contributed by atoms with E-state index < -0.39 is 47.9 Å². The number of imide groups is 2. The molecule has 0 aliphatic heterocycles. The molecule has 0 aliphatic rings. The lowest BCUT2D eigenvalue weighted by molar-refractivity contribution is -0.148. The van der Waals surface area contributed by atoms with Gasteiger partial charge in [0, 0.05) is 12.8 Å². The molecule has 12 heteroatoms. The Kier molecular flexibility index (Phi) is 12.3. The molecule has 2 unspecified atom stereocenters. The summed E-state index contributed by atoms with van der Waals surface area (Å²) in [5, 5.41) is 19.2. The molecule has 0 aromatic heterocycles. The van der Waals surface area contributed by atoms with Crippen LogP contribution < -0.4 is 11.5 Å². The van der Waals surface area contributed by atoms with Gasteiger partial charge in [-0.2, -0.15) is 0 Å². The first kappa shape index (κ1) is 31.5. The largest absolute Gasteiger partial charge is 0.479 e. The van der Waals surface area contributed by atoms with Crippen molar-refractivity contribution in [2.24, 2.45) is 11.5 Å². The van der Waals surface area contributed by atoms with Gasteiger partial charge in [-0.05, 0) is 24.0 Å². The van der Waals surface area contributed by atoms with Crippen LogP contribution in [-0.2, 0) is 19.2 Å². The fourth-order valence-corrected chi connectivity index (χ4v) is 4.36. The number of unbranched alkanes of at least 4 members (excludes halogenated alkanes) is 5. The van der Waals surface area contributed by atoms with Gasteiger partial charge in [-0.3, -0.25) is 9.59 Å². The van der Waals surface area contributed by atoms with Crippen LogP contribution in [0, 0.1) is 0 Å². The monoisotopic (exact) mass is 554 g/mol. The number of primary amides is 2. The van der Waals surface area contributed by atoms with E-state index in [-0.39, 0.29) is 24.0 Å². The molecule has 40 heavy (non-hydrogen) atoms. The zero-order valence-electron chi connectivity index (χ0n) is 22.0. The predicted octanol–water partition coefficient (Wildman–Crippen LogP) is 3.57. The van der Waals surface area contributed by atoms with Crippen molar-refractivity contribution < 1.29 is 39.0 Å². The summed E-state index contributed by atoms with van der Waals surface area (Å²) >= 11 is 0. The smallest absolute Gasteiger partial charge is 0.331 e. The van der Waals surface area contributed by atoms with Gasteiger partial charge < -0.3 is 21.7 Å². The van der Waals surface area contributed by atoms with Crippen LogP contribution in [0.4, 0.5) is 9.59 Å². The van der Waals surface area contributed by atoms with Crippen LogP contribution >= 0.6 is 0 Å². The number of hydrogen-bond donors (Lipinski definition) is 4. The minimum Gasteiger partial charge on any atom is -0.479 e. The summed E-state index contributed by atoms with van der Waals surface area (Å²) in [5.74, 6) is -4.12. The van der Waals surface area contributed by atoms with Gasteiger partial charge in [0.1, 0.15) is 0 Å². The summed E-state index contributed by atoms with van der Waals surface area (Å²) in [6, 6.07) is 10.4. The molecule has 6 N–H and O–H groups in total. The summed E-state index contributed by atoms with van der Waals surface area (Å²) in [5.41, 5.74) is 11.2. The number of hydrogen-bond acceptors (Lipinski definition) is 6. The standard InChI is InChI=1S/C28H34N4O8/c29-27(39)31(23(25(35)36)19-13-7-5-8-14-19)21(33)17-11-3-1-2-4-12-18-22(34)32(28(30)40)24(26(37)38)20-15-9-6-10-16-20/h5-10,13-16,23-24H,1-4,11-12,17-18H2,(H2,29,39)(H2,30,40)(H,35,36)(H,37,38). The maximum atomic E-state index is 12.7. The van der Waals surface area contributed by atoms with E-state index in [2.05, 4.69) is 0 Å². The van der Waals surface area contributed by atoms with Crippen LogP contribution in [0.25, 0.3) is 0 Å². The third kappa shape index (κ3) is 8.93. The van der Waals surface area contributed by atoms with Crippen molar-refractivity contribution in [3.63, 3.8) is 0 Å². The topological polar surface area (TPSA) is 201 Å². The lowest BCUT2D eigenvalue weighted by Gasteiger charge is -2.26. The number of aliphatic carboxylic acids is 2. The summed E-state index contributed by atoms with van der Waals surface area (Å²) in [4.78, 5) is 74.0. The number of carbonyl (C=O) groups is 6. The number of benzene rings is 2. The molecule has 0 bridgehead atoms. The molecule has 2 aromatic carbocycles. The number of carboxylic acid groups (broad SMARTS) is 2. The van der Waals surface area contributed by atoms with Gasteiger partial charge >= 0.3 is 24.0 Å². The SMILES string of the molecule is NC(=O)N(C(=O)CCCCCCCCC(=O)N(C(N)=O)C(C(=O)O)c1ccccc1)C(C(=O)O)c1ccccc1. The Labute approximate surface area is 231 Å². The third-order valence-electron chi connectivity index (χ3n) is 6.26. The third-order valence-corrected chi connectivity index (χ3v) is 6.26. The number of rotatable bonds is 15. The fourth-order valence-electron chi connectivity index (χ4n) is 4.36. The van der Waals surface area contributed by atoms with Crippen LogP contribution in [0.3, 0.4) is 0 Å². The zero-order valence-corrected chi connectivity index (χ0v) is 22.0. The first-order chi connectivity index (χ1) is 19.1. The van der Waals surface area contributed by atoms with E-state index in [9.17, 15) is 39.0 Å². The summed E-state index contributed by atoms with van der Waals surface area (Å²) in [6.45, 7) is 0. The first-order valence-electron chi connectivity index (χ1n) is 12.8. The highest BCUT2D eigenvalue weighted by Crippen LogP contribution is 2.24. The van der Waals surface area contributed by atoms with E-state index in [4.69, 9.17) is 11.5 Å². The van der Waals surface area contributed by atoms with E-state index in [0.717, 1.165) is 0 Å². The minimum absolute atomic E-state index is 0.0678. The van der Waals surface area contributed by atoms with Crippen LogP contribution in [0.2, 0.25) is 0 Å². The highest BCUT2D eigenvalue weighted by molar-refractivity contribution is 5.99. The summed E-state index contributed by atoms with van der Waals surface area (Å²) < 4.78 is 0. The molecule has 0 spiro atoms. The lowest BCUT2D eigenvalue weighted by atomic mass is 10.0. The number of amides is 6. The van der Waals surface area contributed by atoms with Crippen molar-refractivity contribution in [1.29, 1.82) is 0 Å². The van der Waals surface area contributed by atoms with E-state index in [1.807, 2.05) is 0 Å². The fraction of sp³-hybridized carbons (Fsp3) is 0.357.